The van der Waals surface area contributed by atoms with E-state index < -0.39 is 5.41 Å². The summed E-state index contributed by atoms with van der Waals surface area (Å²) in [5, 5.41) is 11.1. The van der Waals surface area contributed by atoms with E-state index in [0.717, 1.165) is 41.5 Å². The van der Waals surface area contributed by atoms with E-state index in [-0.39, 0.29) is 5.91 Å². The maximum absolute atomic E-state index is 14.2. The number of rotatable bonds is 9. The largest absolute Gasteiger partial charge is 0.303 e. The SMILES string of the molecule is CCSC1=C(C#N)C(c2ccccc2)(c2ccccc2)C(=O)N1CCN(CC)CC. The number of hydrogen-bond donors (Lipinski definition) is 0. The molecule has 1 aliphatic heterocycles. The molecule has 0 fully saturated rings. The lowest BCUT2D eigenvalue weighted by atomic mass is 9.70. The Morgan fingerprint density at radius 2 is 1.50 bits per heavy atom. The van der Waals surface area contributed by atoms with E-state index in [0.29, 0.717) is 12.1 Å². The number of thioether (sulfide) groups is 1. The molecule has 0 saturated heterocycles. The van der Waals surface area contributed by atoms with Crippen LogP contribution in [0.15, 0.2) is 71.3 Å². The van der Waals surface area contributed by atoms with Gasteiger partial charge in [-0.3, -0.25) is 4.79 Å². The molecule has 0 aliphatic carbocycles. The van der Waals surface area contributed by atoms with Gasteiger partial charge < -0.3 is 9.80 Å². The van der Waals surface area contributed by atoms with Crippen LogP contribution in [0.4, 0.5) is 0 Å². The summed E-state index contributed by atoms with van der Waals surface area (Å²) in [4.78, 5) is 18.3. The lowest BCUT2D eigenvalue weighted by molar-refractivity contribution is -0.130. The molecule has 1 heterocycles. The van der Waals surface area contributed by atoms with E-state index >= 15 is 0 Å². The molecule has 5 heteroatoms. The molecule has 1 aliphatic rings. The predicted molar refractivity (Wildman–Crippen MR) is 124 cm³/mol. The molecule has 0 atom stereocenters. The fourth-order valence-electron chi connectivity index (χ4n) is 4.18. The molecule has 0 N–H and O–H groups in total. The highest BCUT2D eigenvalue weighted by Gasteiger charge is 2.55. The number of amides is 1. The second-order valence-corrected chi connectivity index (χ2v) is 8.44. The zero-order valence-corrected chi connectivity index (χ0v) is 18.8. The van der Waals surface area contributed by atoms with Gasteiger partial charge in [0.2, 0.25) is 5.91 Å². The van der Waals surface area contributed by atoms with Gasteiger partial charge in [-0.2, -0.15) is 5.26 Å². The van der Waals surface area contributed by atoms with E-state index in [4.69, 9.17) is 0 Å². The number of hydrogen-bond acceptors (Lipinski definition) is 4. The van der Waals surface area contributed by atoms with Crippen LogP contribution in [0.3, 0.4) is 0 Å². The third-order valence-corrected chi connectivity index (χ3v) is 6.73. The molecular weight excluding hydrogens is 390 g/mol. The first-order valence-electron chi connectivity index (χ1n) is 10.6. The highest BCUT2D eigenvalue weighted by Crippen LogP contribution is 2.50. The van der Waals surface area contributed by atoms with Gasteiger partial charge in [-0.1, -0.05) is 81.4 Å². The first-order chi connectivity index (χ1) is 14.6. The van der Waals surface area contributed by atoms with Crippen molar-refractivity contribution in [1.82, 2.24) is 9.80 Å². The fraction of sp³-hybridized carbons (Fsp3) is 0.360. The summed E-state index contributed by atoms with van der Waals surface area (Å²) < 4.78 is 0. The van der Waals surface area contributed by atoms with Gasteiger partial charge in [-0.25, -0.2) is 0 Å². The van der Waals surface area contributed by atoms with Gasteiger partial charge in [0, 0.05) is 13.1 Å². The molecule has 2 aromatic rings. The van der Waals surface area contributed by atoms with Crippen molar-refractivity contribution in [2.24, 2.45) is 0 Å². The summed E-state index contributed by atoms with van der Waals surface area (Å²) in [6.45, 7) is 9.56. The van der Waals surface area contributed by atoms with Crippen LogP contribution in [0.1, 0.15) is 31.9 Å². The average Bonchev–Trinajstić information content (AvgIpc) is 3.04. The van der Waals surface area contributed by atoms with E-state index in [1.807, 2.05) is 65.6 Å². The quantitative estimate of drug-likeness (QED) is 0.594. The Bertz CT molecular complexity index is 890. The minimum absolute atomic E-state index is 0.0282. The molecule has 0 radical (unpaired) electrons. The molecule has 3 rings (SSSR count). The number of benzene rings is 2. The molecule has 4 nitrogen and oxygen atoms in total. The zero-order chi connectivity index (χ0) is 21.6. The normalized spacial score (nSPS) is 15.7. The Kier molecular flexibility index (Phi) is 7.36. The second-order valence-electron chi connectivity index (χ2n) is 7.19. The third-order valence-electron chi connectivity index (χ3n) is 5.74. The molecule has 0 spiro atoms. The number of nitriles is 1. The molecule has 0 bridgehead atoms. The summed E-state index contributed by atoms with van der Waals surface area (Å²) in [6, 6.07) is 21.9. The minimum Gasteiger partial charge on any atom is -0.303 e. The Balaban J connectivity index is 2.21. The molecule has 30 heavy (non-hydrogen) atoms. The number of likely N-dealkylation sites (N-methyl/N-ethyl adjacent to an activating group) is 1. The molecule has 2 aromatic carbocycles. The molecule has 156 valence electrons. The van der Waals surface area contributed by atoms with Crippen molar-refractivity contribution in [3.63, 3.8) is 0 Å². The van der Waals surface area contributed by atoms with Gasteiger partial charge in [-0.05, 0) is 30.0 Å². The summed E-state index contributed by atoms with van der Waals surface area (Å²) in [5.41, 5.74) is 1.13. The Hall–Kier alpha value is -2.55. The van der Waals surface area contributed by atoms with Crippen molar-refractivity contribution < 1.29 is 4.79 Å². The number of carbonyl (C=O) groups excluding carboxylic acids is 1. The van der Waals surface area contributed by atoms with Gasteiger partial charge in [0.15, 0.2) is 0 Å². The summed E-state index contributed by atoms with van der Waals surface area (Å²) in [5.74, 6) is 0.773. The predicted octanol–water partition coefficient (Wildman–Crippen LogP) is 4.64. The van der Waals surface area contributed by atoms with Crippen molar-refractivity contribution in [1.29, 1.82) is 5.26 Å². The van der Waals surface area contributed by atoms with Crippen LogP contribution < -0.4 is 0 Å². The van der Waals surface area contributed by atoms with Gasteiger partial charge in [0.1, 0.15) is 5.41 Å². The monoisotopic (exact) mass is 419 g/mol. The standard InChI is InChI=1S/C25H29N3OS/c1-4-27(5-2)17-18-28-23(30-6-3)22(19-26)25(24(28)29,20-13-9-7-10-14-20)21-15-11-8-12-16-21/h7-16H,4-6,17-18H2,1-3H3. The first kappa shape index (κ1) is 22.1. The maximum Gasteiger partial charge on any atom is 0.247 e. The molecular formula is C25H29N3OS. The summed E-state index contributed by atoms with van der Waals surface area (Å²) in [7, 11) is 0. The number of carbonyl (C=O) groups is 1. The zero-order valence-electron chi connectivity index (χ0n) is 18.0. The number of nitrogens with zero attached hydrogens (tertiary/aromatic N) is 3. The van der Waals surface area contributed by atoms with E-state index in [1.165, 1.54) is 0 Å². The van der Waals surface area contributed by atoms with Crippen LogP contribution in [-0.2, 0) is 10.2 Å². The Morgan fingerprint density at radius 3 is 1.93 bits per heavy atom. The van der Waals surface area contributed by atoms with Gasteiger partial charge >= 0.3 is 0 Å². The smallest absolute Gasteiger partial charge is 0.247 e. The maximum atomic E-state index is 14.2. The highest BCUT2D eigenvalue weighted by atomic mass is 32.2. The lowest BCUT2D eigenvalue weighted by Crippen LogP contribution is -2.44. The Labute approximate surface area is 184 Å². The van der Waals surface area contributed by atoms with Crippen LogP contribution in [0.2, 0.25) is 0 Å². The van der Waals surface area contributed by atoms with Crippen molar-refractivity contribution >= 4 is 17.7 Å². The highest BCUT2D eigenvalue weighted by molar-refractivity contribution is 8.03. The van der Waals surface area contributed by atoms with Crippen molar-refractivity contribution in [2.45, 2.75) is 26.2 Å². The molecule has 0 saturated carbocycles. The average molecular weight is 420 g/mol. The van der Waals surface area contributed by atoms with Gasteiger partial charge in [0.05, 0.1) is 16.7 Å². The third kappa shape index (κ3) is 3.78. The van der Waals surface area contributed by atoms with Crippen molar-refractivity contribution in [3.8, 4) is 6.07 Å². The van der Waals surface area contributed by atoms with Crippen LogP contribution in [0, 0.1) is 11.3 Å². The molecule has 0 unspecified atom stereocenters. The van der Waals surface area contributed by atoms with E-state index in [9.17, 15) is 10.1 Å². The van der Waals surface area contributed by atoms with Gasteiger partial charge in [-0.15, -0.1) is 11.8 Å². The molecule has 0 aromatic heterocycles. The van der Waals surface area contributed by atoms with E-state index in [1.54, 1.807) is 11.8 Å². The summed E-state index contributed by atoms with van der Waals surface area (Å²) >= 11 is 1.59. The van der Waals surface area contributed by atoms with Crippen LogP contribution >= 0.6 is 11.8 Å². The first-order valence-corrected chi connectivity index (χ1v) is 11.6. The minimum atomic E-state index is -1.10. The van der Waals surface area contributed by atoms with Crippen LogP contribution in [0.5, 0.6) is 0 Å². The molecule has 1 amide bonds. The topological polar surface area (TPSA) is 47.3 Å². The van der Waals surface area contributed by atoms with Crippen LogP contribution in [0.25, 0.3) is 0 Å². The van der Waals surface area contributed by atoms with E-state index in [2.05, 4.69) is 31.7 Å². The fourth-order valence-corrected chi connectivity index (χ4v) is 5.12. The second kappa shape index (κ2) is 9.97. The lowest BCUT2D eigenvalue weighted by Gasteiger charge is -2.31. The van der Waals surface area contributed by atoms with Crippen LogP contribution in [-0.4, -0.2) is 47.6 Å². The summed E-state index contributed by atoms with van der Waals surface area (Å²) in [6.07, 6.45) is 0. The van der Waals surface area contributed by atoms with Crippen molar-refractivity contribution in [3.05, 3.63) is 82.4 Å². The Morgan fingerprint density at radius 1 is 0.967 bits per heavy atom. The van der Waals surface area contributed by atoms with Crippen molar-refractivity contribution in [2.75, 3.05) is 31.9 Å². The van der Waals surface area contributed by atoms with Gasteiger partial charge in [0.25, 0.3) is 0 Å².